The molecule has 108 valence electrons. The largest absolute Gasteiger partial charge is 0.493 e. The highest BCUT2D eigenvalue weighted by atomic mass is 16.5. The average Bonchev–Trinajstić information content (AvgIpc) is 2.79. The number of hydrogen-bond donors (Lipinski definition) is 1. The topological polar surface area (TPSA) is 39.1 Å². The van der Waals surface area contributed by atoms with Gasteiger partial charge >= 0.3 is 0 Å². The van der Waals surface area contributed by atoms with Gasteiger partial charge in [-0.1, -0.05) is 12.1 Å². The molecule has 1 N–H and O–H groups in total. The van der Waals surface area contributed by atoms with E-state index in [0.717, 1.165) is 18.7 Å². The molecule has 0 aliphatic heterocycles. The van der Waals surface area contributed by atoms with Gasteiger partial charge in [-0.05, 0) is 43.1 Å². The number of hydrogen-bond acceptors (Lipinski definition) is 3. The van der Waals surface area contributed by atoms with Gasteiger partial charge in [-0.15, -0.1) is 0 Å². The van der Waals surface area contributed by atoms with Crippen molar-refractivity contribution in [2.75, 3.05) is 13.7 Å². The van der Waals surface area contributed by atoms with Crippen molar-refractivity contribution in [1.29, 1.82) is 0 Å². The van der Waals surface area contributed by atoms with Crippen LogP contribution < -0.4 is 10.1 Å². The van der Waals surface area contributed by atoms with Crippen molar-refractivity contribution in [3.63, 3.8) is 0 Å². The zero-order valence-electron chi connectivity index (χ0n) is 12.7. The summed E-state index contributed by atoms with van der Waals surface area (Å²) >= 11 is 0. The first-order valence-electron chi connectivity index (χ1n) is 6.95. The van der Waals surface area contributed by atoms with Gasteiger partial charge in [-0.3, -0.25) is 4.68 Å². The maximum absolute atomic E-state index is 5.96. The van der Waals surface area contributed by atoms with Gasteiger partial charge in [0, 0.05) is 26.2 Å². The van der Waals surface area contributed by atoms with Crippen LogP contribution in [0.5, 0.6) is 5.75 Å². The van der Waals surface area contributed by atoms with E-state index in [1.807, 2.05) is 31.2 Å². The lowest BCUT2D eigenvalue weighted by Gasteiger charge is -2.14. The SMILES string of the molecule is CNCc1cc(C)c(OCCc2cnn(C)c2)c(C)c1. The Kier molecular flexibility index (Phi) is 4.79. The van der Waals surface area contributed by atoms with Gasteiger partial charge in [-0.25, -0.2) is 0 Å². The molecule has 20 heavy (non-hydrogen) atoms. The Morgan fingerprint density at radius 3 is 2.45 bits per heavy atom. The van der Waals surface area contributed by atoms with E-state index in [1.54, 1.807) is 0 Å². The fourth-order valence-electron chi connectivity index (χ4n) is 2.45. The molecular formula is C16H23N3O. The molecule has 0 unspecified atom stereocenters. The highest BCUT2D eigenvalue weighted by Gasteiger charge is 2.07. The molecule has 0 spiro atoms. The summed E-state index contributed by atoms with van der Waals surface area (Å²) in [6.45, 7) is 5.77. The van der Waals surface area contributed by atoms with Crippen LogP contribution in [0.2, 0.25) is 0 Å². The normalized spacial score (nSPS) is 10.8. The van der Waals surface area contributed by atoms with Crippen LogP contribution in [-0.2, 0) is 20.0 Å². The van der Waals surface area contributed by atoms with E-state index in [9.17, 15) is 0 Å². The van der Waals surface area contributed by atoms with Crippen molar-refractivity contribution in [1.82, 2.24) is 15.1 Å². The molecule has 0 aliphatic rings. The lowest BCUT2D eigenvalue weighted by atomic mass is 10.1. The molecule has 0 radical (unpaired) electrons. The summed E-state index contributed by atoms with van der Waals surface area (Å²) in [6, 6.07) is 4.37. The summed E-state index contributed by atoms with van der Waals surface area (Å²) < 4.78 is 7.77. The van der Waals surface area contributed by atoms with Gasteiger partial charge in [0.05, 0.1) is 12.8 Å². The predicted octanol–water partition coefficient (Wildman–Crippen LogP) is 2.38. The minimum absolute atomic E-state index is 0.679. The molecule has 0 saturated heterocycles. The molecular weight excluding hydrogens is 250 g/mol. The zero-order chi connectivity index (χ0) is 14.5. The molecule has 0 fully saturated rings. The van der Waals surface area contributed by atoms with Gasteiger partial charge in [0.1, 0.15) is 5.75 Å². The van der Waals surface area contributed by atoms with Gasteiger partial charge < -0.3 is 10.1 Å². The summed E-state index contributed by atoms with van der Waals surface area (Å²) in [7, 11) is 3.89. The molecule has 4 nitrogen and oxygen atoms in total. The molecule has 2 rings (SSSR count). The smallest absolute Gasteiger partial charge is 0.125 e. The molecule has 0 saturated carbocycles. The van der Waals surface area contributed by atoms with Crippen LogP contribution in [-0.4, -0.2) is 23.4 Å². The maximum atomic E-state index is 5.96. The predicted molar refractivity (Wildman–Crippen MR) is 81.1 cm³/mol. The third-order valence-corrected chi connectivity index (χ3v) is 3.30. The minimum atomic E-state index is 0.679. The summed E-state index contributed by atoms with van der Waals surface area (Å²) in [5, 5.41) is 7.34. The fraction of sp³-hybridized carbons (Fsp3) is 0.438. The lowest BCUT2D eigenvalue weighted by molar-refractivity contribution is 0.317. The first-order valence-corrected chi connectivity index (χ1v) is 6.95. The number of nitrogens with one attached hydrogen (secondary N) is 1. The Morgan fingerprint density at radius 1 is 1.20 bits per heavy atom. The Hall–Kier alpha value is -1.81. The first kappa shape index (κ1) is 14.6. The number of nitrogens with zero attached hydrogens (tertiary/aromatic N) is 2. The van der Waals surface area contributed by atoms with Crippen LogP contribution in [0.1, 0.15) is 22.3 Å². The van der Waals surface area contributed by atoms with Crippen molar-refractivity contribution in [3.05, 3.63) is 46.8 Å². The molecule has 0 amide bonds. The van der Waals surface area contributed by atoms with Crippen LogP contribution in [0.3, 0.4) is 0 Å². The van der Waals surface area contributed by atoms with E-state index in [4.69, 9.17) is 4.74 Å². The highest BCUT2D eigenvalue weighted by molar-refractivity contribution is 5.43. The third kappa shape index (κ3) is 3.61. The summed E-state index contributed by atoms with van der Waals surface area (Å²) in [5.74, 6) is 1.01. The van der Waals surface area contributed by atoms with Crippen LogP contribution in [0, 0.1) is 13.8 Å². The Morgan fingerprint density at radius 2 is 1.90 bits per heavy atom. The maximum Gasteiger partial charge on any atom is 0.125 e. The molecule has 0 aliphatic carbocycles. The lowest BCUT2D eigenvalue weighted by Crippen LogP contribution is -2.07. The van der Waals surface area contributed by atoms with Crippen molar-refractivity contribution >= 4 is 0 Å². The second kappa shape index (κ2) is 6.57. The molecule has 0 bridgehead atoms. The summed E-state index contributed by atoms with van der Waals surface area (Å²) in [4.78, 5) is 0. The highest BCUT2D eigenvalue weighted by Crippen LogP contribution is 2.25. The molecule has 1 aromatic carbocycles. The second-order valence-corrected chi connectivity index (χ2v) is 5.21. The molecule has 0 atom stereocenters. The Bertz CT molecular complexity index is 552. The molecule has 1 heterocycles. The van der Waals surface area contributed by atoms with Crippen molar-refractivity contribution in [2.24, 2.45) is 7.05 Å². The number of aryl methyl sites for hydroxylation is 3. The van der Waals surface area contributed by atoms with Gasteiger partial charge in [0.25, 0.3) is 0 Å². The average molecular weight is 273 g/mol. The van der Waals surface area contributed by atoms with Crippen LogP contribution in [0.25, 0.3) is 0 Å². The van der Waals surface area contributed by atoms with Crippen LogP contribution in [0.15, 0.2) is 24.5 Å². The molecule has 2 aromatic rings. The zero-order valence-corrected chi connectivity index (χ0v) is 12.7. The fourth-order valence-corrected chi connectivity index (χ4v) is 2.45. The quantitative estimate of drug-likeness (QED) is 0.878. The second-order valence-electron chi connectivity index (χ2n) is 5.21. The van der Waals surface area contributed by atoms with Crippen molar-refractivity contribution in [3.8, 4) is 5.75 Å². The number of rotatable bonds is 6. The van der Waals surface area contributed by atoms with E-state index < -0.39 is 0 Å². The number of ether oxygens (including phenoxy) is 1. The first-order chi connectivity index (χ1) is 9.60. The summed E-state index contributed by atoms with van der Waals surface area (Å²) in [5.41, 5.74) is 4.89. The van der Waals surface area contributed by atoms with E-state index >= 15 is 0 Å². The summed E-state index contributed by atoms with van der Waals surface area (Å²) in [6.07, 6.45) is 4.79. The van der Waals surface area contributed by atoms with Crippen LogP contribution in [0.4, 0.5) is 0 Å². The standard InChI is InChI=1S/C16H23N3O/c1-12-7-15(9-17-3)8-13(2)16(12)20-6-5-14-10-18-19(4)11-14/h7-8,10-11,17H,5-6,9H2,1-4H3. The monoisotopic (exact) mass is 273 g/mol. The van der Waals surface area contributed by atoms with Gasteiger partial charge in [0.15, 0.2) is 0 Å². The van der Waals surface area contributed by atoms with Crippen molar-refractivity contribution in [2.45, 2.75) is 26.8 Å². The van der Waals surface area contributed by atoms with Crippen molar-refractivity contribution < 1.29 is 4.74 Å². The number of benzene rings is 1. The Labute approximate surface area is 120 Å². The van der Waals surface area contributed by atoms with Gasteiger partial charge in [-0.2, -0.15) is 5.10 Å². The van der Waals surface area contributed by atoms with Crippen LogP contribution >= 0.6 is 0 Å². The Balaban J connectivity index is 1.98. The van der Waals surface area contributed by atoms with E-state index in [2.05, 4.69) is 36.4 Å². The van der Waals surface area contributed by atoms with E-state index in [-0.39, 0.29) is 0 Å². The minimum Gasteiger partial charge on any atom is -0.493 e. The van der Waals surface area contributed by atoms with E-state index in [0.29, 0.717) is 6.61 Å². The molecule has 4 heteroatoms. The van der Waals surface area contributed by atoms with Gasteiger partial charge in [0.2, 0.25) is 0 Å². The third-order valence-electron chi connectivity index (χ3n) is 3.30. The van der Waals surface area contributed by atoms with E-state index in [1.165, 1.54) is 22.3 Å². The molecule has 1 aromatic heterocycles. The number of aromatic nitrogens is 2.